The van der Waals surface area contributed by atoms with Crippen molar-refractivity contribution in [3.8, 4) is 17.1 Å². The molecule has 7 heteroatoms. The molecular formula is C16H18N4O3. The van der Waals surface area contributed by atoms with Crippen molar-refractivity contribution in [3.63, 3.8) is 0 Å². The zero-order valence-corrected chi connectivity index (χ0v) is 13.5. The molecule has 0 atom stereocenters. The van der Waals surface area contributed by atoms with E-state index in [2.05, 4.69) is 4.98 Å². The van der Waals surface area contributed by atoms with Gasteiger partial charge in [-0.15, -0.1) is 0 Å². The molecule has 7 nitrogen and oxygen atoms in total. The summed E-state index contributed by atoms with van der Waals surface area (Å²) in [6.07, 6.45) is 0. The highest BCUT2D eigenvalue weighted by Gasteiger charge is 2.19. The molecule has 120 valence electrons. The van der Waals surface area contributed by atoms with Gasteiger partial charge in [0.1, 0.15) is 11.6 Å². The van der Waals surface area contributed by atoms with Crippen molar-refractivity contribution in [2.24, 2.45) is 14.1 Å². The summed E-state index contributed by atoms with van der Waals surface area (Å²) >= 11 is 0. The lowest BCUT2D eigenvalue weighted by Crippen LogP contribution is -2.37. The molecule has 3 rings (SSSR count). The maximum atomic E-state index is 12.5. The third kappa shape index (κ3) is 2.16. The highest BCUT2D eigenvalue weighted by Crippen LogP contribution is 2.24. The molecule has 0 fully saturated rings. The van der Waals surface area contributed by atoms with Gasteiger partial charge in [0.05, 0.1) is 7.11 Å². The Hall–Kier alpha value is -2.83. The summed E-state index contributed by atoms with van der Waals surface area (Å²) in [5, 5.41) is 0. The number of aromatic nitrogens is 4. The van der Waals surface area contributed by atoms with Crippen molar-refractivity contribution in [2.75, 3.05) is 7.11 Å². The predicted octanol–water partition coefficient (Wildman–Crippen LogP) is 1.13. The van der Waals surface area contributed by atoms with Crippen molar-refractivity contribution >= 4 is 11.2 Å². The number of benzene rings is 1. The maximum absolute atomic E-state index is 12.5. The molecule has 1 aromatic carbocycles. The molecule has 2 aromatic heterocycles. The van der Waals surface area contributed by atoms with E-state index in [0.717, 1.165) is 15.9 Å². The highest BCUT2D eigenvalue weighted by molar-refractivity contribution is 5.77. The normalized spacial score (nSPS) is 11.1. The van der Waals surface area contributed by atoms with Gasteiger partial charge in [-0.05, 0) is 31.2 Å². The van der Waals surface area contributed by atoms with Gasteiger partial charge in [0.15, 0.2) is 11.2 Å². The summed E-state index contributed by atoms with van der Waals surface area (Å²) < 4.78 is 9.50. The van der Waals surface area contributed by atoms with E-state index in [1.165, 1.54) is 11.6 Å². The van der Waals surface area contributed by atoms with Crippen LogP contribution in [0.15, 0.2) is 33.9 Å². The first kappa shape index (κ1) is 15.1. The molecule has 23 heavy (non-hydrogen) atoms. The third-order valence-electron chi connectivity index (χ3n) is 4.01. The lowest BCUT2D eigenvalue weighted by Gasteiger charge is -2.07. The van der Waals surface area contributed by atoms with Gasteiger partial charge in [-0.25, -0.2) is 9.78 Å². The molecule has 0 bridgehead atoms. The fourth-order valence-electron chi connectivity index (χ4n) is 2.71. The molecule has 0 aliphatic carbocycles. The lowest BCUT2D eigenvalue weighted by atomic mass is 10.2. The third-order valence-corrected chi connectivity index (χ3v) is 4.01. The second kappa shape index (κ2) is 5.42. The number of hydrogen-bond acceptors (Lipinski definition) is 4. The van der Waals surface area contributed by atoms with Crippen LogP contribution in [0, 0.1) is 0 Å². The molecular weight excluding hydrogens is 296 g/mol. The highest BCUT2D eigenvalue weighted by atomic mass is 16.5. The average Bonchev–Trinajstić information content (AvgIpc) is 2.97. The number of rotatable bonds is 3. The summed E-state index contributed by atoms with van der Waals surface area (Å²) in [6, 6.07) is 7.45. The quantitative estimate of drug-likeness (QED) is 0.726. The first-order chi connectivity index (χ1) is 11.0. The summed E-state index contributed by atoms with van der Waals surface area (Å²) in [7, 11) is 4.70. The van der Waals surface area contributed by atoms with E-state index in [-0.39, 0.29) is 11.2 Å². The van der Waals surface area contributed by atoms with Crippen molar-refractivity contribution in [2.45, 2.75) is 13.5 Å². The van der Waals surface area contributed by atoms with Gasteiger partial charge in [-0.3, -0.25) is 13.9 Å². The Balaban J connectivity index is 2.38. The molecule has 0 saturated carbocycles. The van der Waals surface area contributed by atoms with Crippen LogP contribution in [0.5, 0.6) is 5.75 Å². The van der Waals surface area contributed by atoms with Crippen LogP contribution < -0.4 is 16.0 Å². The van der Waals surface area contributed by atoms with Crippen LogP contribution >= 0.6 is 0 Å². The van der Waals surface area contributed by atoms with E-state index in [1.807, 2.05) is 35.8 Å². The SMILES string of the molecule is CCn1c(-c2ccc(OC)cc2)nc2c1c(=O)n(C)c(=O)n2C. The van der Waals surface area contributed by atoms with E-state index < -0.39 is 0 Å². The van der Waals surface area contributed by atoms with Gasteiger partial charge >= 0.3 is 5.69 Å². The van der Waals surface area contributed by atoms with E-state index >= 15 is 0 Å². The minimum Gasteiger partial charge on any atom is -0.497 e. The van der Waals surface area contributed by atoms with Crippen LogP contribution in [-0.4, -0.2) is 25.8 Å². The Morgan fingerprint density at radius 2 is 1.74 bits per heavy atom. The van der Waals surface area contributed by atoms with E-state index in [9.17, 15) is 9.59 Å². The second-order valence-electron chi connectivity index (χ2n) is 5.29. The standard InChI is InChI=1S/C16H18N4O3/c1-5-20-12-14(18(2)16(22)19(3)15(12)21)17-13(20)10-6-8-11(23-4)9-7-10/h6-9H,5H2,1-4H3. The summed E-state index contributed by atoms with van der Waals surface area (Å²) in [5.74, 6) is 1.40. The first-order valence-corrected chi connectivity index (χ1v) is 7.30. The van der Waals surface area contributed by atoms with Crippen molar-refractivity contribution in [3.05, 3.63) is 45.1 Å². The van der Waals surface area contributed by atoms with Crippen molar-refractivity contribution in [1.82, 2.24) is 18.7 Å². The molecule has 0 saturated heterocycles. The van der Waals surface area contributed by atoms with Gasteiger partial charge < -0.3 is 9.30 Å². The number of aryl methyl sites for hydroxylation is 2. The van der Waals surface area contributed by atoms with Gasteiger partial charge in [0, 0.05) is 26.2 Å². The Kier molecular flexibility index (Phi) is 3.55. The molecule has 0 unspecified atom stereocenters. The Labute approximate surface area is 132 Å². The number of ether oxygens (including phenoxy) is 1. The monoisotopic (exact) mass is 314 g/mol. The molecule has 0 amide bonds. The Morgan fingerprint density at radius 3 is 2.30 bits per heavy atom. The zero-order valence-electron chi connectivity index (χ0n) is 13.5. The number of nitrogens with zero attached hydrogens (tertiary/aromatic N) is 4. The minimum atomic E-state index is -0.385. The number of imidazole rings is 1. The molecule has 0 aliphatic rings. The van der Waals surface area contributed by atoms with Crippen LogP contribution in [0.3, 0.4) is 0 Å². The number of methoxy groups -OCH3 is 1. The van der Waals surface area contributed by atoms with Crippen molar-refractivity contribution < 1.29 is 4.74 Å². The largest absolute Gasteiger partial charge is 0.497 e. The topological polar surface area (TPSA) is 71.1 Å². The maximum Gasteiger partial charge on any atom is 0.332 e. The lowest BCUT2D eigenvalue weighted by molar-refractivity contribution is 0.415. The Bertz CT molecular complexity index is 993. The number of fused-ring (bicyclic) bond motifs is 1. The van der Waals surface area contributed by atoms with Crippen LogP contribution in [0.25, 0.3) is 22.6 Å². The molecule has 0 aliphatic heterocycles. The van der Waals surface area contributed by atoms with Crippen LogP contribution in [0.2, 0.25) is 0 Å². The first-order valence-electron chi connectivity index (χ1n) is 7.30. The predicted molar refractivity (Wildman–Crippen MR) is 87.9 cm³/mol. The fourth-order valence-corrected chi connectivity index (χ4v) is 2.71. The van der Waals surface area contributed by atoms with E-state index in [1.54, 1.807) is 14.2 Å². The smallest absolute Gasteiger partial charge is 0.332 e. The van der Waals surface area contributed by atoms with Gasteiger partial charge in [0.25, 0.3) is 5.56 Å². The van der Waals surface area contributed by atoms with Gasteiger partial charge in [0.2, 0.25) is 0 Å². The molecule has 0 N–H and O–H groups in total. The number of hydrogen-bond donors (Lipinski definition) is 0. The summed E-state index contributed by atoms with van der Waals surface area (Å²) in [4.78, 5) is 29.1. The molecule has 0 spiro atoms. The second-order valence-corrected chi connectivity index (χ2v) is 5.29. The van der Waals surface area contributed by atoms with E-state index in [0.29, 0.717) is 23.5 Å². The van der Waals surface area contributed by atoms with Gasteiger partial charge in [-0.2, -0.15) is 0 Å². The van der Waals surface area contributed by atoms with Crippen LogP contribution in [0.1, 0.15) is 6.92 Å². The van der Waals surface area contributed by atoms with Gasteiger partial charge in [-0.1, -0.05) is 0 Å². The van der Waals surface area contributed by atoms with Crippen molar-refractivity contribution in [1.29, 1.82) is 0 Å². The fraction of sp³-hybridized carbons (Fsp3) is 0.312. The molecule has 0 radical (unpaired) electrons. The Morgan fingerprint density at radius 1 is 1.09 bits per heavy atom. The van der Waals surface area contributed by atoms with Crippen LogP contribution in [-0.2, 0) is 20.6 Å². The molecule has 3 aromatic rings. The van der Waals surface area contributed by atoms with E-state index in [4.69, 9.17) is 4.74 Å². The summed E-state index contributed by atoms with van der Waals surface area (Å²) in [6.45, 7) is 2.52. The zero-order chi connectivity index (χ0) is 16.7. The molecule has 2 heterocycles. The summed E-state index contributed by atoms with van der Waals surface area (Å²) in [5.41, 5.74) is 0.966. The average molecular weight is 314 g/mol. The minimum absolute atomic E-state index is 0.336. The van der Waals surface area contributed by atoms with Crippen LogP contribution in [0.4, 0.5) is 0 Å².